The van der Waals surface area contributed by atoms with Crippen molar-refractivity contribution >= 4 is 5.69 Å². The monoisotopic (exact) mass is 326 g/mol. The smallest absolute Gasteiger partial charge is 0.163 e. The fourth-order valence-corrected chi connectivity index (χ4v) is 2.81. The Morgan fingerprint density at radius 2 is 2.08 bits per heavy atom. The van der Waals surface area contributed by atoms with Gasteiger partial charge in [0.1, 0.15) is 6.33 Å². The molecule has 7 nitrogen and oxygen atoms in total. The number of aryl methyl sites for hydroxylation is 2. The number of nitrogens with zero attached hydrogens (tertiary/aromatic N) is 5. The maximum atomic E-state index is 9.11. The van der Waals surface area contributed by atoms with Gasteiger partial charge in [0.15, 0.2) is 5.82 Å². The largest absolute Gasteiger partial charge is 0.394 e. The van der Waals surface area contributed by atoms with Gasteiger partial charge >= 0.3 is 0 Å². The van der Waals surface area contributed by atoms with E-state index < -0.39 is 0 Å². The van der Waals surface area contributed by atoms with E-state index in [1.807, 2.05) is 48.3 Å². The van der Waals surface area contributed by atoms with Gasteiger partial charge in [-0.25, -0.2) is 0 Å². The third kappa shape index (κ3) is 3.16. The lowest BCUT2D eigenvalue weighted by Gasteiger charge is -2.09. The molecular weight excluding hydrogens is 304 g/mol. The van der Waals surface area contributed by atoms with Crippen LogP contribution in [0.1, 0.15) is 17.0 Å². The topological polar surface area (TPSA) is 80.8 Å². The maximum Gasteiger partial charge on any atom is 0.163 e. The summed E-state index contributed by atoms with van der Waals surface area (Å²) in [6, 6.07) is 8.11. The van der Waals surface area contributed by atoms with Crippen LogP contribution < -0.4 is 5.32 Å². The zero-order valence-electron chi connectivity index (χ0n) is 14.2. The molecule has 0 spiro atoms. The number of aliphatic hydroxyl groups is 1. The first-order valence-corrected chi connectivity index (χ1v) is 7.92. The van der Waals surface area contributed by atoms with Gasteiger partial charge < -0.3 is 15.0 Å². The molecule has 0 saturated heterocycles. The summed E-state index contributed by atoms with van der Waals surface area (Å²) >= 11 is 0. The predicted molar refractivity (Wildman–Crippen MR) is 92.6 cm³/mol. The van der Waals surface area contributed by atoms with Crippen LogP contribution in [-0.4, -0.2) is 36.3 Å². The van der Waals surface area contributed by atoms with Gasteiger partial charge in [-0.1, -0.05) is 12.1 Å². The molecule has 2 aromatic heterocycles. The zero-order valence-corrected chi connectivity index (χ0v) is 14.2. The number of benzene rings is 1. The lowest BCUT2D eigenvalue weighted by Crippen LogP contribution is -2.07. The molecule has 1 aromatic carbocycles. The molecule has 3 aromatic rings. The van der Waals surface area contributed by atoms with Gasteiger partial charge in [-0.2, -0.15) is 5.10 Å². The van der Waals surface area contributed by atoms with E-state index in [1.165, 1.54) is 0 Å². The summed E-state index contributed by atoms with van der Waals surface area (Å²) in [5.74, 6) is 0.835. The Bertz CT molecular complexity index is 835. The van der Waals surface area contributed by atoms with Gasteiger partial charge in [-0.05, 0) is 26.0 Å². The third-order valence-corrected chi connectivity index (χ3v) is 4.14. The van der Waals surface area contributed by atoms with Crippen molar-refractivity contribution in [2.24, 2.45) is 7.05 Å². The normalized spacial score (nSPS) is 11.0. The zero-order chi connectivity index (χ0) is 17.1. The molecule has 0 radical (unpaired) electrons. The Morgan fingerprint density at radius 3 is 2.79 bits per heavy atom. The van der Waals surface area contributed by atoms with Crippen LogP contribution in [0.2, 0.25) is 0 Å². The molecule has 126 valence electrons. The Balaban J connectivity index is 1.77. The number of anilines is 1. The summed E-state index contributed by atoms with van der Waals surface area (Å²) in [5, 5.41) is 25.1. The molecule has 0 fully saturated rings. The molecule has 3 rings (SSSR count). The standard InChI is InChI=1S/C17H22N6O/c1-12-16(13(2)23(21-12)7-8-24)10-18-15-6-4-5-14(9-15)17-20-19-11-22(17)3/h4-6,9,11,18,24H,7-8,10H2,1-3H3. The van der Waals surface area contributed by atoms with Gasteiger partial charge in [0.25, 0.3) is 0 Å². The number of aromatic nitrogens is 5. The first-order chi connectivity index (χ1) is 11.6. The highest BCUT2D eigenvalue weighted by Crippen LogP contribution is 2.21. The second-order valence-corrected chi connectivity index (χ2v) is 5.80. The fraction of sp³-hybridized carbons (Fsp3) is 0.353. The molecular formula is C17H22N6O. The van der Waals surface area contributed by atoms with Crippen LogP contribution in [-0.2, 0) is 20.1 Å². The van der Waals surface area contributed by atoms with E-state index in [4.69, 9.17) is 5.11 Å². The second kappa shape index (κ2) is 6.84. The molecule has 0 bridgehead atoms. The minimum atomic E-state index is 0.0918. The average molecular weight is 326 g/mol. The number of aliphatic hydroxyl groups excluding tert-OH is 1. The molecule has 0 saturated carbocycles. The van der Waals surface area contributed by atoms with Gasteiger partial charge in [0.05, 0.1) is 18.8 Å². The minimum absolute atomic E-state index is 0.0918. The molecule has 0 aliphatic carbocycles. The first kappa shape index (κ1) is 16.2. The molecule has 7 heteroatoms. The van der Waals surface area contributed by atoms with E-state index in [-0.39, 0.29) is 6.61 Å². The highest BCUT2D eigenvalue weighted by atomic mass is 16.3. The van der Waals surface area contributed by atoms with Crippen molar-refractivity contribution in [2.45, 2.75) is 26.9 Å². The number of hydrogen-bond acceptors (Lipinski definition) is 5. The van der Waals surface area contributed by atoms with Gasteiger partial charge in [0.2, 0.25) is 0 Å². The quantitative estimate of drug-likeness (QED) is 0.723. The molecule has 2 heterocycles. The van der Waals surface area contributed by atoms with Crippen LogP contribution in [0.25, 0.3) is 11.4 Å². The van der Waals surface area contributed by atoms with E-state index in [2.05, 4.69) is 26.7 Å². The molecule has 24 heavy (non-hydrogen) atoms. The van der Waals surface area contributed by atoms with Crippen LogP contribution in [0.4, 0.5) is 5.69 Å². The van der Waals surface area contributed by atoms with Crippen molar-refractivity contribution in [3.63, 3.8) is 0 Å². The summed E-state index contributed by atoms with van der Waals surface area (Å²) in [6.07, 6.45) is 1.69. The second-order valence-electron chi connectivity index (χ2n) is 5.80. The summed E-state index contributed by atoms with van der Waals surface area (Å²) in [5.41, 5.74) is 5.26. The van der Waals surface area contributed by atoms with E-state index >= 15 is 0 Å². The van der Waals surface area contributed by atoms with Crippen molar-refractivity contribution in [1.29, 1.82) is 0 Å². The minimum Gasteiger partial charge on any atom is -0.394 e. The summed E-state index contributed by atoms with van der Waals surface area (Å²) in [4.78, 5) is 0. The van der Waals surface area contributed by atoms with Gasteiger partial charge in [-0.3, -0.25) is 4.68 Å². The van der Waals surface area contributed by atoms with E-state index in [1.54, 1.807) is 6.33 Å². The molecule has 0 amide bonds. The van der Waals surface area contributed by atoms with Crippen molar-refractivity contribution in [1.82, 2.24) is 24.5 Å². The van der Waals surface area contributed by atoms with Crippen molar-refractivity contribution in [3.8, 4) is 11.4 Å². The van der Waals surface area contributed by atoms with Crippen LogP contribution in [0.3, 0.4) is 0 Å². The summed E-state index contributed by atoms with van der Waals surface area (Å²) < 4.78 is 3.74. The lowest BCUT2D eigenvalue weighted by molar-refractivity contribution is 0.268. The highest BCUT2D eigenvalue weighted by molar-refractivity contribution is 5.62. The van der Waals surface area contributed by atoms with Crippen LogP contribution >= 0.6 is 0 Å². The summed E-state index contributed by atoms with van der Waals surface area (Å²) in [6.45, 7) is 5.32. The Morgan fingerprint density at radius 1 is 1.25 bits per heavy atom. The predicted octanol–water partition coefficient (Wildman–Crippen LogP) is 1.90. The molecule has 0 aliphatic heterocycles. The van der Waals surface area contributed by atoms with Crippen LogP contribution in [0.5, 0.6) is 0 Å². The lowest BCUT2D eigenvalue weighted by atomic mass is 10.1. The molecule has 2 N–H and O–H groups in total. The highest BCUT2D eigenvalue weighted by Gasteiger charge is 2.11. The molecule has 0 unspecified atom stereocenters. The van der Waals surface area contributed by atoms with E-state index in [0.717, 1.165) is 34.0 Å². The number of nitrogens with one attached hydrogen (secondary N) is 1. The Kier molecular flexibility index (Phi) is 4.61. The number of rotatable bonds is 6. The van der Waals surface area contributed by atoms with E-state index in [9.17, 15) is 0 Å². The average Bonchev–Trinajstić information content (AvgIpc) is 3.11. The van der Waals surface area contributed by atoms with Gasteiger partial charge in [0, 0.05) is 36.1 Å². The Labute approximate surface area is 141 Å². The maximum absolute atomic E-state index is 9.11. The van der Waals surface area contributed by atoms with E-state index in [0.29, 0.717) is 13.1 Å². The Hall–Kier alpha value is -2.67. The van der Waals surface area contributed by atoms with Crippen molar-refractivity contribution < 1.29 is 5.11 Å². The first-order valence-electron chi connectivity index (χ1n) is 7.92. The SMILES string of the molecule is Cc1nn(CCO)c(C)c1CNc1cccc(-c2nncn2C)c1. The summed E-state index contributed by atoms with van der Waals surface area (Å²) in [7, 11) is 1.93. The van der Waals surface area contributed by atoms with Gasteiger partial charge in [-0.15, -0.1) is 10.2 Å². The number of hydrogen-bond donors (Lipinski definition) is 2. The molecule has 0 aliphatic rings. The van der Waals surface area contributed by atoms with Crippen molar-refractivity contribution in [2.75, 3.05) is 11.9 Å². The van der Waals surface area contributed by atoms with Crippen LogP contribution in [0, 0.1) is 13.8 Å². The fourth-order valence-electron chi connectivity index (χ4n) is 2.81. The van der Waals surface area contributed by atoms with Crippen molar-refractivity contribution in [3.05, 3.63) is 47.5 Å². The van der Waals surface area contributed by atoms with Crippen LogP contribution in [0.15, 0.2) is 30.6 Å². The third-order valence-electron chi connectivity index (χ3n) is 4.14. The molecule has 0 atom stereocenters.